The highest BCUT2D eigenvalue weighted by molar-refractivity contribution is 5.43. The van der Waals surface area contributed by atoms with Gasteiger partial charge in [0.2, 0.25) is 0 Å². The average molecular weight is 288 g/mol. The van der Waals surface area contributed by atoms with E-state index in [-0.39, 0.29) is 16.7 Å². The molecule has 0 fully saturated rings. The number of nitro benzene ring substituents is 1. The zero-order valence-corrected chi connectivity index (χ0v) is 12.3. The van der Waals surface area contributed by atoms with E-state index in [1.807, 2.05) is 29.9 Å². The van der Waals surface area contributed by atoms with Gasteiger partial charge in [0.05, 0.1) is 4.92 Å². The molecule has 1 aromatic heterocycles. The van der Waals surface area contributed by atoms with Gasteiger partial charge in [0.1, 0.15) is 0 Å². The van der Waals surface area contributed by atoms with Crippen LogP contribution in [0.2, 0.25) is 0 Å². The Morgan fingerprint density at radius 3 is 2.95 bits per heavy atom. The number of hydrogen-bond acceptors (Lipinski definition) is 4. The SMILES string of the molecule is Cc1ccc(C(C)NCCCn2cccn2)cc1[N+](=O)[O-]. The number of nitro groups is 1. The molecule has 21 heavy (non-hydrogen) atoms. The zero-order chi connectivity index (χ0) is 15.2. The fraction of sp³-hybridized carbons (Fsp3) is 0.400. The smallest absolute Gasteiger partial charge is 0.272 e. The third-order valence-electron chi connectivity index (χ3n) is 3.50. The van der Waals surface area contributed by atoms with Crippen LogP contribution in [0.3, 0.4) is 0 Å². The number of nitrogens with one attached hydrogen (secondary N) is 1. The van der Waals surface area contributed by atoms with Crippen molar-refractivity contribution in [1.29, 1.82) is 0 Å². The van der Waals surface area contributed by atoms with E-state index in [0.717, 1.165) is 25.1 Å². The highest BCUT2D eigenvalue weighted by Gasteiger charge is 2.13. The summed E-state index contributed by atoms with van der Waals surface area (Å²) in [4.78, 5) is 10.6. The number of aryl methyl sites for hydroxylation is 2. The molecule has 6 nitrogen and oxygen atoms in total. The predicted octanol–water partition coefficient (Wildman–Crippen LogP) is 2.84. The van der Waals surface area contributed by atoms with Crippen LogP contribution in [0.1, 0.15) is 30.5 Å². The van der Waals surface area contributed by atoms with Crippen LogP contribution in [-0.4, -0.2) is 21.2 Å². The summed E-state index contributed by atoms with van der Waals surface area (Å²) in [5.74, 6) is 0. The van der Waals surface area contributed by atoms with E-state index in [4.69, 9.17) is 0 Å². The summed E-state index contributed by atoms with van der Waals surface area (Å²) < 4.78 is 1.89. The van der Waals surface area contributed by atoms with E-state index in [1.165, 1.54) is 0 Å². The lowest BCUT2D eigenvalue weighted by Crippen LogP contribution is -2.21. The van der Waals surface area contributed by atoms with Crippen molar-refractivity contribution in [1.82, 2.24) is 15.1 Å². The van der Waals surface area contributed by atoms with Gasteiger partial charge in [0.25, 0.3) is 5.69 Å². The highest BCUT2D eigenvalue weighted by atomic mass is 16.6. The Morgan fingerprint density at radius 1 is 1.48 bits per heavy atom. The van der Waals surface area contributed by atoms with Crippen LogP contribution in [0, 0.1) is 17.0 Å². The number of hydrogen-bond donors (Lipinski definition) is 1. The lowest BCUT2D eigenvalue weighted by atomic mass is 10.0. The number of aromatic nitrogens is 2. The molecular weight excluding hydrogens is 268 g/mol. The lowest BCUT2D eigenvalue weighted by molar-refractivity contribution is -0.385. The molecule has 1 aromatic carbocycles. The Balaban J connectivity index is 1.86. The molecule has 0 bridgehead atoms. The van der Waals surface area contributed by atoms with Gasteiger partial charge in [-0.2, -0.15) is 5.10 Å². The van der Waals surface area contributed by atoms with Crippen molar-refractivity contribution < 1.29 is 4.92 Å². The minimum absolute atomic E-state index is 0.0851. The van der Waals surface area contributed by atoms with Crippen LogP contribution in [0.4, 0.5) is 5.69 Å². The van der Waals surface area contributed by atoms with Gasteiger partial charge in [0, 0.05) is 36.6 Å². The second-order valence-corrected chi connectivity index (χ2v) is 5.10. The molecule has 1 N–H and O–H groups in total. The molecule has 112 valence electrons. The third kappa shape index (κ3) is 4.13. The Hall–Kier alpha value is -2.21. The van der Waals surface area contributed by atoms with Gasteiger partial charge in [-0.25, -0.2) is 0 Å². The summed E-state index contributed by atoms with van der Waals surface area (Å²) in [6.45, 7) is 5.47. The van der Waals surface area contributed by atoms with Crippen molar-refractivity contribution in [3.63, 3.8) is 0 Å². The van der Waals surface area contributed by atoms with Gasteiger partial charge in [-0.1, -0.05) is 12.1 Å². The Labute approximate surface area is 123 Å². The molecule has 0 amide bonds. The number of benzene rings is 1. The van der Waals surface area contributed by atoms with Crippen molar-refractivity contribution in [3.8, 4) is 0 Å². The highest BCUT2D eigenvalue weighted by Crippen LogP contribution is 2.23. The van der Waals surface area contributed by atoms with Gasteiger partial charge in [-0.05, 0) is 38.4 Å². The van der Waals surface area contributed by atoms with Crippen LogP contribution < -0.4 is 5.32 Å². The summed E-state index contributed by atoms with van der Waals surface area (Å²) in [5.41, 5.74) is 1.80. The molecule has 0 radical (unpaired) electrons. The first-order chi connectivity index (χ1) is 10.1. The first-order valence-electron chi connectivity index (χ1n) is 7.03. The van der Waals surface area contributed by atoms with Crippen LogP contribution in [0.15, 0.2) is 36.7 Å². The van der Waals surface area contributed by atoms with Crippen molar-refractivity contribution in [3.05, 3.63) is 57.9 Å². The van der Waals surface area contributed by atoms with Gasteiger partial charge < -0.3 is 5.32 Å². The van der Waals surface area contributed by atoms with E-state index in [2.05, 4.69) is 10.4 Å². The first-order valence-corrected chi connectivity index (χ1v) is 7.03. The molecule has 6 heteroatoms. The van der Waals surface area contributed by atoms with E-state index < -0.39 is 0 Å². The van der Waals surface area contributed by atoms with E-state index in [0.29, 0.717) is 5.56 Å². The second-order valence-electron chi connectivity index (χ2n) is 5.10. The molecule has 2 rings (SSSR count). The Morgan fingerprint density at radius 2 is 2.29 bits per heavy atom. The molecular formula is C15H20N4O2. The lowest BCUT2D eigenvalue weighted by Gasteiger charge is -2.14. The summed E-state index contributed by atoms with van der Waals surface area (Å²) in [6.07, 6.45) is 4.66. The molecule has 1 heterocycles. The predicted molar refractivity (Wildman–Crippen MR) is 81.1 cm³/mol. The van der Waals surface area contributed by atoms with Crippen molar-refractivity contribution >= 4 is 5.69 Å². The van der Waals surface area contributed by atoms with Crippen LogP contribution in [0.25, 0.3) is 0 Å². The quantitative estimate of drug-likeness (QED) is 0.483. The fourth-order valence-electron chi connectivity index (χ4n) is 2.20. The van der Waals surface area contributed by atoms with Crippen LogP contribution in [-0.2, 0) is 6.54 Å². The zero-order valence-electron chi connectivity index (χ0n) is 12.3. The van der Waals surface area contributed by atoms with Gasteiger partial charge >= 0.3 is 0 Å². The van der Waals surface area contributed by atoms with Gasteiger partial charge in [-0.15, -0.1) is 0 Å². The monoisotopic (exact) mass is 288 g/mol. The van der Waals surface area contributed by atoms with Crippen molar-refractivity contribution in [2.45, 2.75) is 32.9 Å². The largest absolute Gasteiger partial charge is 0.310 e. The molecule has 0 saturated carbocycles. The summed E-state index contributed by atoms with van der Waals surface area (Å²) >= 11 is 0. The summed E-state index contributed by atoms with van der Waals surface area (Å²) in [6, 6.07) is 7.38. The molecule has 0 aliphatic heterocycles. The Kier molecular flexibility index (Phi) is 5.05. The maximum atomic E-state index is 11.0. The van der Waals surface area contributed by atoms with E-state index >= 15 is 0 Å². The minimum Gasteiger partial charge on any atom is -0.310 e. The summed E-state index contributed by atoms with van der Waals surface area (Å²) in [5, 5.41) is 18.5. The topological polar surface area (TPSA) is 73.0 Å². The Bertz CT molecular complexity index is 596. The maximum absolute atomic E-state index is 11.0. The second kappa shape index (κ2) is 6.99. The van der Waals surface area contributed by atoms with E-state index in [1.54, 1.807) is 25.3 Å². The molecule has 0 aliphatic carbocycles. The summed E-state index contributed by atoms with van der Waals surface area (Å²) in [7, 11) is 0. The molecule has 1 atom stereocenters. The normalized spacial score (nSPS) is 12.3. The molecule has 1 unspecified atom stereocenters. The van der Waals surface area contributed by atoms with Gasteiger partial charge in [-0.3, -0.25) is 14.8 Å². The fourth-order valence-corrected chi connectivity index (χ4v) is 2.20. The standard InChI is InChI=1S/C15H20N4O2/c1-12-5-6-14(11-15(12)19(20)21)13(2)16-7-3-9-18-10-4-8-17-18/h4-6,8,10-11,13,16H,3,7,9H2,1-2H3. The molecule has 0 saturated heterocycles. The number of rotatable bonds is 7. The average Bonchev–Trinajstić information content (AvgIpc) is 2.96. The van der Waals surface area contributed by atoms with Crippen molar-refractivity contribution in [2.75, 3.05) is 6.54 Å². The van der Waals surface area contributed by atoms with Gasteiger partial charge in [0.15, 0.2) is 0 Å². The van der Waals surface area contributed by atoms with Crippen molar-refractivity contribution in [2.24, 2.45) is 0 Å². The number of nitrogens with zero attached hydrogens (tertiary/aromatic N) is 3. The maximum Gasteiger partial charge on any atom is 0.272 e. The minimum atomic E-state index is -0.330. The molecule has 0 aliphatic rings. The molecule has 0 spiro atoms. The molecule has 2 aromatic rings. The van der Waals surface area contributed by atoms with E-state index in [9.17, 15) is 10.1 Å². The van der Waals surface area contributed by atoms with Crippen LogP contribution >= 0.6 is 0 Å². The first kappa shape index (κ1) is 15.2. The third-order valence-corrected chi connectivity index (χ3v) is 3.50. The van der Waals surface area contributed by atoms with Crippen LogP contribution in [0.5, 0.6) is 0 Å².